The first kappa shape index (κ1) is 19.5. The highest BCUT2D eigenvalue weighted by atomic mass is 35.5. The average Bonchev–Trinajstić information content (AvgIpc) is 2.44. The van der Waals surface area contributed by atoms with Crippen LogP contribution in [0.3, 0.4) is 0 Å². The van der Waals surface area contributed by atoms with E-state index in [-0.39, 0.29) is 0 Å². The summed E-state index contributed by atoms with van der Waals surface area (Å²) in [5.41, 5.74) is -6.97. The molecule has 0 heterocycles. The average molecular weight is 405 g/mol. The molecule has 0 aliphatic rings. The number of alkyl halides is 6. The van der Waals surface area contributed by atoms with E-state index in [1.54, 1.807) is 0 Å². The minimum absolute atomic E-state index is 0.388. The van der Waals surface area contributed by atoms with E-state index in [1.165, 1.54) is 0 Å². The third kappa shape index (κ3) is 3.08. The summed E-state index contributed by atoms with van der Waals surface area (Å²) in [5.74, 6) is -1.35. The molecule has 0 radical (unpaired) electrons. The minimum Gasteiger partial charge on any atom is -0.506 e. The summed E-state index contributed by atoms with van der Waals surface area (Å²) < 4.78 is 82.7. The van der Waals surface area contributed by atoms with Crippen LogP contribution in [0.5, 0.6) is 11.5 Å². The molecule has 0 fully saturated rings. The lowest BCUT2D eigenvalue weighted by molar-refractivity contribution is -0.288. The quantitative estimate of drug-likeness (QED) is 0.619. The van der Waals surface area contributed by atoms with Gasteiger partial charge in [-0.05, 0) is 35.4 Å². The fourth-order valence-corrected chi connectivity index (χ4v) is 2.82. The van der Waals surface area contributed by atoms with Crippen molar-refractivity contribution >= 4 is 23.2 Å². The van der Waals surface area contributed by atoms with Gasteiger partial charge in [-0.15, -0.1) is 0 Å². The number of hydrogen-bond donors (Lipinski definition) is 2. The van der Waals surface area contributed by atoms with Gasteiger partial charge < -0.3 is 10.2 Å². The third-order valence-corrected chi connectivity index (χ3v) is 4.22. The Bertz CT molecular complexity index is 734. The number of hydrogen-bond acceptors (Lipinski definition) is 2. The Kier molecular flexibility index (Phi) is 4.82. The standard InChI is InChI=1S/C15H8Cl2F6O2/c16-9-5-7(1-3-11(9)24)13(14(18,19)20,15(21,22)23)8-2-4-12(25)10(17)6-8/h1-6,24-25H. The number of rotatable bonds is 2. The number of benzene rings is 2. The van der Waals surface area contributed by atoms with Crippen LogP contribution < -0.4 is 0 Å². The molecule has 2 nitrogen and oxygen atoms in total. The van der Waals surface area contributed by atoms with Gasteiger partial charge in [0, 0.05) is 0 Å². The van der Waals surface area contributed by atoms with Crippen molar-refractivity contribution in [2.45, 2.75) is 17.8 Å². The van der Waals surface area contributed by atoms with Crippen molar-refractivity contribution in [1.82, 2.24) is 0 Å². The van der Waals surface area contributed by atoms with Gasteiger partial charge >= 0.3 is 12.4 Å². The largest absolute Gasteiger partial charge is 0.506 e. The number of aromatic hydroxyl groups is 2. The molecule has 2 rings (SSSR count). The Morgan fingerprint density at radius 3 is 1.20 bits per heavy atom. The Labute approximate surface area is 147 Å². The Balaban J connectivity index is 2.96. The van der Waals surface area contributed by atoms with E-state index in [4.69, 9.17) is 23.2 Å². The predicted octanol–water partition coefficient (Wildman–Crippen LogP) is 5.82. The first-order chi connectivity index (χ1) is 11.3. The van der Waals surface area contributed by atoms with Crippen LogP contribution in [0.15, 0.2) is 36.4 Å². The molecule has 136 valence electrons. The third-order valence-electron chi connectivity index (χ3n) is 3.61. The normalized spacial score (nSPS) is 13.1. The first-order valence-corrected chi connectivity index (χ1v) is 7.19. The van der Waals surface area contributed by atoms with Crippen molar-refractivity contribution in [2.75, 3.05) is 0 Å². The lowest BCUT2D eigenvalue weighted by Gasteiger charge is -2.38. The van der Waals surface area contributed by atoms with Gasteiger partial charge in [0.15, 0.2) is 0 Å². The summed E-state index contributed by atoms with van der Waals surface area (Å²) in [6.45, 7) is 0. The molecule has 0 amide bonds. The van der Waals surface area contributed by atoms with E-state index in [2.05, 4.69) is 0 Å². The van der Waals surface area contributed by atoms with Gasteiger partial charge in [-0.1, -0.05) is 35.3 Å². The second kappa shape index (κ2) is 6.17. The Morgan fingerprint density at radius 2 is 0.960 bits per heavy atom. The van der Waals surface area contributed by atoms with Crippen molar-refractivity contribution in [3.05, 3.63) is 57.6 Å². The summed E-state index contributed by atoms with van der Waals surface area (Å²) in [6, 6.07) is 2.99. The molecule has 25 heavy (non-hydrogen) atoms. The molecule has 2 N–H and O–H groups in total. The van der Waals surface area contributed by atoms with Crippen LogP contribution in [-0.4, -0.2) is 22.6 Å². The summed E-state index contributed by atoms with van der Waals surface area (Å²) in [4.78, 5) is 0. The lowest BCUT2D eigenvalue weighted by Crippen LogP contribution is -2.54. The maximum absolute atomic E-state index is 13.8. The van der Waals surface area contributed by atoms with E-state index in [0.29, 0.717) is 36.4 Å². The van der Waals surface area contributed by atoms with Crippen molar-refractivity contribution in [3.8, 4) is 11.5 Å². The Hall–Kier alpha value is -1.80. The van der Waals surface area contributed by atoms with Gasteiger partial charge in [-0.3, -0.25) is 0 Å². The monoisotopic (exact) mass is 404 g/mol. The smallest absolute Gasteiger partial charge is 0.411 e. The fourth-order valence-electron chi connectivity index (χ4n) is 2.46. The first-order valence-electron chi connectivity index (χ1n) is 6.44. The molecule has 0 unspecified atom stereocenters. The van der Waals surface area contributed by atoms with Gasteiger partial charge in [-0.25, -0.2) is 0 Å². The van der Waals surface area contributed by atoms with E-state index >= 15 is 0 Å². The lowest BCUT2D eigenvalue weighted by atomic mass is 9.73. The number of phenolic OH excluding ortho intramolecular Hbond substituents is 2. The van der Waals surface area contributed by atoms with Gasteiger partial charge in [0.1, 0.15) is 11.5 Å². The predicted molar refractivity (Wildman–Crippen MR) is 79.1 cm³/mol. The van der Waals surface area contributed by atoms with E-state index in [1.807, 2.05) is 0 Å². The molecule has 2 aromatic rings. The van der Waals surface area contributed by atoms with E-state index in [0.717, 1.165) is 0 Å². The van der Waals surface area contributed by atoms with E-state index < -0.39 is 50.4 Å². The van der Waals surface area contributed by atoms with Crippen molar-refractivity contribution < 1.29 is 36.6 Å². The highest BCUT2D eigenvalue weighted by Crippen LogP contribution is 2.57. The summed E-state index contributed by atoms with van der Waals surface area (Å²) in [6.07, 6.45) is -11.7. The highest BCUT2D eigenvalue weighted by molar-refractivity contribution is 6.32. The maximum Gasteiger partial charge on any atom is 0.411 e. The second-order valence-corrected chi connectivity index (χ2v) is 5.89. The highest BCUT2D eigenvalue weighted by Gasteiger charge is 2.72. The molecule has 0 saturated heterocycles. The minimum atomic E-state index is -5.83. The second-order valence-electron chi connectivity index (χ2n) is 5.08. The molecule has 0 saturated carbocycles. The molecule has 0 aromatic heterocycles. The maximum atomic E-state index is 13.8. The van der Waals surface area contributed by atoms with Crippen molar-refractivity contribution in [3.63, 3.8) is 0 Å². The fraction of sp³-hybridized carbons (Fsp3) is 0.200. The van der Waals surface area contributed by atoms with Gasteiger partial charge in [0.25, 0.3) is 0 Å². The summed E-state index contributed by atoms with van der Waals surface area (Å²) in [7, 11) is 0. The van der Waals surface area contributed by atoms with Crippen LogP contribution in [-0.2, 0) is 5.41 Å². The number of phenols is 2. The van der Waals surface area contributed by atoms with Crippen LogP contribution in [0, 0.1) is 0 Å². The van der Waals surface area contributed by atoms with Crippen LogP contribution in [0.25, 0.3) is 0 Å². The zero-order valence-electron chi connectivity index (χ0n) is 11.9. The number of halogens is 8. The summed E-state index contributed by atoms with van der Waals surface area (Å²) >= 11 is 11.0. The molecular formula is C15H8Cl2F6O2. The van der Waals surface area contributed by atoms with E-state index in [9.17, 15) is 36.6 Å². The SMILES string of the molecule is Oc1ccc(C(c2ccc(O)c(Cl)c2)(C(F)(F)F)C(F)(F)F)cc1Cl. The Morgan fingerprint density at radius 1 is 0.640 bits per heavy atom. The topological polar surface area (TPSA) is 40.5 Å². The molecule has 0 bridgehead atoms. The molecule has 0 aliphatic heterocycles. The van der Waals surface area contributed by atoms with Crippen LogP contribution >= 0.6 is 23.2 Å². The van der Waals surface area contributed by atoms with Gasteiger partial charge in [0.2, 0.25) is 5.41 Å². The van der Waals surface area contributed by atoms with Crippen LogP contribution in [0.1, 0.15) is 11.1 Å². The van der Waals surface area contributed by atoms with Crippen LogP contribution in [0.2, 0.25) is 10.0 Å². The molecule has 0 aliphatic carbocycles. The molecule has 10 heteroatoms. The summed E-state index contributed by atoms with van der Waals surface area (Å²) in [5, 5.41) is 17.3. The van der Waals surface area contributed by atoms with Crippen molar-refractivity contribution in [1.29, 1.82) is 0 Å². The molecule has 0 spiro atoms. The molecule has 2 aromatic carbocycles. The van der Waals surface area contributed by atoms with Crippen molar-refractivity contribution in [2.24, 2.45) is 0 Å². The zero-order chi connectivity index (χ0) is 19.2. The zero-order valence-corrected chi connectivity index (χ0v) is 13.4. The molecule has 0 atom stereocenters. The molecular weight excluding hydrogens is 397 g/mol. The van der Waals surface area contributed by atoms with Gasteiger partial charge in [0.05, 0.1) is 10.0 Å². The van der Waals surface area contributed by atoms with Crippen LogP contribution in [0.4, 0.5) is 26.3 Å². The van der Waals surface area contributed by atoms with Gasteiger partial charge in [-0.2, -0.15) is 26.3 Å².